The van der Waals surface area contributed by atoms with Gasteiger partial charge in [-0.2, -0.15) is 0 Å². The number of aromatic nitrogens is 3. The number of nitrogens with two attached hydrogens (primary N) is 1. The molecule has 0 aromatic carbocycles. The number of ether oxygens (including phenoxy) is 1. The van der Waals surface area contributed by atoms with Crippen molar-refractivity contribution in [2.45, 2.75) is 12.3 Å². The molecule has 1 saturated heterocycles. The average molecular weight is 337 g/mol. The first kappa shape index (κ1) is 15.6. The molecule has 3 N–H and O–H groups in total. The maximum absolute atomic E-state index is 11.1. The van der Waals surface area contributed by atoms with Crippen molar-refractivity contribution in [1.29, 1.82) is 0 Å². The lowest BCUT2D eigenvalue weighted by molar-refractivity contribution is 0.193. The maximum Gasteiger partial charge on any atom is 0.317 e. The number of anilines is 1. The highest BCUT2D eigenvalue weighted by molar-refractivity contribution is 5.98. The second-order valence-electron chi connectivity index (χ2n) is 6.24. The second kappa shape index (κ2) is 6.18. The number of rotatable bonds is 3. The van der Waals surface area contributed by atoms with E-state index in [9.17, 15) is 4.79 Å². The molecule has 4 heterocycles. The highest BCUT2D eigenvalue weighted by Gasteiger charge is 2.20. The van der Waals surface area contributed by atoms with Gasteiger partial charge >= 0.3 is 6.03 Å². The van der Waals surface area contributed by atoms with Crippen LogP contribution in [0, 0.1) is 0 Å². The number of urea groups is 1. The van der Waals surface area contributed by atoms with Crippen LogP contribution in [0.25, 0.3) is 22.2 Å². The highest BCUT2D eigenvalue weighted by atomic mass is 16.5. The van der Waals surface area contributed by atoms with Crippen molar-refractivity contribution in [2.75, 3.05) is 18.5 Å². The van der Waals surface area contributed by atoms with E-state index in [4.69, 9.17) is 15.5 Å². The van der Waals surface area contributed by atoms with Gasteiger partial charge in [0.05, 0.1) is 24.0 Å². The summed E-state index contributed by atoms with van der Waals surface area (Å²) >= 11 is 0. The van der Waals surface area contributed by atoms with Crippen LogP contribution in [0.1, 0.15) is 18.0 Å². The molecule has 7 nitrogen and oxygen atoms in total. The largest absolute Gasteiger partial charge is 0.381 e. The normalized spacial score (nSPS) is 17.1. The first-order valence-corrected chi connectivity index (χ1v) is 8.18. The summed E-state index contributed by atoms with van der Waals surface area (Å²) in [4.78, 5) is 20.2. The van der Waals surface area contributed by atoms with E-state index < -0.39 is 6.03 Å². The standard InChI is InChI=1S/C18H19N5O2/c1-23-9-13(12-7-17(22-18(19)24)20-8-16(12)23)15-4-2-3-14(21-15)11-5-6-25-10-11/h2-4,7-9,11H,5-6,10H2,1H3,(H3,19,20,22,24). The number of hydrogen-bond acceptors (Lipinski definition) is 4. The molecule has 3 aromatic rings. The molecule has 2 amide bonds. The van der Waals surface area contributed by atoms with Crippen LogP contribution in [0.5, 0.6) is 0 Å². The SMILES string of the molecule is Cn1cc(-c2cccc(C3CCOC3)n2)c2cc(NC(N)=O)ncc21. The number of nitrogens with zero attached hydrogens (tertiary/aromatic N) is 3. The number of nitrogens with one attached hydrogen (secondary N) is 1. The number of primary amides is 1. The molecule has 1 fully saturated rings. The van der Waals surface area contributed by atoms with Crippen LogP contribution >= 0.6 is 0 Å². The molecule has 7 heteroatoms. The number of amides is 2. The van der Waals surface area contributed by atoms with Crippen molar-refractivity contribution in [1.82, 2.24) is 14.5 Å². The summed E-state index contributed by atoms with van der Waals surface area (Å²) in [5.41, 5.74) is 9.09. The van der Waals surface area contributed by atoms with Crippen molar-refractivity contribution in [3.8, 4) is 11.3 Å². The van der Waals surface area contributed by atoms with Crippen LogP contribution in [0.2, 0.25) is 0 Å². The van der Waals surface area contributed by atoms with Gasteiger partial charge in [-0.05, 0) is 24.6 Å². The predicted molar refractivity (Wildman–Crippen MR) is 95.3 cm³/mol. The lowest BCUT2D eigenvalue weighted by atomic mass is 10.0. The average Bonchev–Trinajstić information content (AvgIpc) is 3.23. The van der Waals surface area contributed by atoms with Crippen molar-refractivity contribution >= 4 is 22.8 Å². The van der Waals surface area contributed by atoms with Crippen molar-refractivity contribution in [2.24, 2.45) is 12.8 Å². The van der Waals surface area contributed by atoms with Crippen LogP contribution in [0.4, 0.5) is 10.6 Å². The van der Waals surface area contributed by atoms with E-state index in [1.165, 1.54) is 0 Å². The van der Waals surface area contributed by atoms with Gasteiger partial charge in [-0.15, -0.1) is 0 Å². The summed E-state index contributed by atoms with van der Waals surface area (Å²) in [5, 5.41) is 3.49. The Balaban J connectivity index is 1.80. The molecule has 3 aromatic heterocycles. The quantitative estimate of drug-likeness (QED) is 0.768. The molecule has 0 bridgehead atoms. The van der Waals surface area contributed by atoms with Gasteiger partial charge in [0.25, 0.3) is 0 Å². The lowest BCUT2D eigenvalue weighted by Crippen LogP contribution is -2.19. The van der Waals surface area contributed by atoms with Gasteiger partial charge in [0.15, 0.2) is 0 Å². The number of hydrogen-bond donors (Lipinski definition) is 2. The Labute approximate surface area is 144 Å². The molecule has 1 atom stereocenters. The molecule has 4 rings (SSSR count). The fourth-order valence-electron chi connectivity index (χ4n) is 3.27. The molecule has 25 heavy (non-hydrogen) atoms. The van der Waals surface area contributed by atoms with Crippen LogP contribution in [0.3, 0.4) is 0 Å². The number of fused-ring (bicyclic) bond motifs is 1. The zero-order valence-electron chi connectivity index (χ0n) is 13.9. The van der Waals surface area contributed by atoms with Gasteiger partial charge in [-0.1, -0.05) is 6.07 Å². The summed E-state index contributed by atoms with van der Waals surface area (Å²) in [7, 11) is 1.96. The van der Waals surface area contributed by atoms with Gasteiger partial charge in [-0.25, -0.2) is 9.78 Å². The zero-order chi connectivity index (χ0) is 17.4. The monoisotopic (exact) mass is 337 g/mol. The molecule has 1 aliphatic heterocycles. The van der Waals surface area contributed by atoms with Crippen molar-refractivity contribution < 1.29 is 9.53 Å². The van der Waals surface area contributed by atoms with Crippen LogP contribution in [-0.2, 0) is 11.8 Å². The molecular formula is C18H19N5O2. The molecule has 0 radical (unpaired) electrons. The summed E-state index contributed by atoms with van der Waals surface area (Å²) in [6.07, 6.45) is 4.75. The zero-order valence-corrected chi connectivity index (χ0v) is 13.9. The maximum atomic E-state index is 11.1. The molecule has 128 valence electrons. The third-order valence-electron chi connectivity index (χ3n) is 4.52. The molecule has 0 spiro atoms. The minimum absolute atomic E-state index is 0.351. The fraction of sp³-hybridized carbons (Fsp3) is 0.278. The topological polar surface area (TPSA) is 95.1 Å². The molecular weight excluding hydrogens is 318 g/mol. The van der Waals surface area contributed by atoms with Gasteiger partial charge in [-0.3, -0.25) is 10.3 Å². The smallest absolute Gasteiger partial charge is 0.317 e. The van der Waals surface area contributed by atoms with E-state index in [0.29, 0.717) is 11.7 Å². The number of pyridine rings is 2. The highest BCUT2D eigenvalue weighted by Crippen LogP contribution is 2.32. The molecule has 0 aliphatic carbocycles. The van der Waals surface area contributed by atoms with Gasteiger partial charge in [0.1, 0.15) is 5.82 Å². The Morgan fingerprint density at radius 1 is 1.44 bits per heavy atom. The van der Waals surface area contributed by atoms with Crippen LogP contribution in [-0.4, -0.2) is 33.8 Å². The summed E-state index contributed by atoms with van der Waals surface area (Å²) < 4.78 is 7.48. The summed E-state index contributed by atoms with van der Waals surface area (Å²) in [6.45, 7) is 1.52. The van der Waals surface area contributed by atoms with E-state index in [1.807, 2.05) is 36.0 Å². The fourth-order valence-corrected chi connectivity index (χ4v) is 3.27. The van der Waals surface area contributed by atoms with Crippen molar-refractivity contribution in [3.63, 3.8) is 0 Å². The summed E-state index contributed by atoms with van der Waals surface area (Å²) in [6, 6.07) is 7.26. The van der Waals surface area contributed by atoms with Crippen LogP contribution in [0.15, 0.2) is 36.7 Å². The second-order valence-corrected chi connectivity index (χ2v) is 6.24. The minimum atomic E-state index is -0.634. The Morgan fingerprint density at radius 2 is 2.32 bits per heavy atom. The van der Waals surface area contributed by atoms with E-state index in [0.717, 1.165) is 47.5 Å². The number of aryl methyl sites for hydroxylation is 1. The molecule has 0 saturated carbocycles. The first-order chi connectivity index (χ1) is 12.1. The van der Waals surface area contributed by atoms with E-state index in [1.54, 1.807) is 6.20 Å². The van der Waals surface area contributed by atoms with Gasteiger partial charge in [0, 0.05) is 42.4 Å². The van der Waals surface area contributed by atoms with E-state index in [2.05, 4.69) is 16.4 Å². The third-order valence-corrected chi connectivity index (χ3v) is 4.52. The first-order valence-electron chi connectivity index (χ1n) is 8.18. The van der Waals surface area contributed by atoms with Gasteiger partial charge in [0.2, 0.25) is 0 Å². The summed E-state index contributed by atoms with van der Waals surface area (Å²) in [5.74, 6) is 0.775. The van der Waals surface area contributed by atoms with Crippen LogP contribution < -0.4 is 11.1 Å². The number of carbonyl (C=O) groups is 1. The van der Waals surface area contributed by atoms with E-state index >= 15 is 0 Å². The third kappa shape index (κ3) is 2.94. The Hall–Kier alpha value is -2.93. The van der Waals surface area contributed by atoms with E-state index in [-0.39, 0.29) is 0 Å². The van der Waals surface area contributed by atoms with Crippen molar-refractivity contribution in [3.05, 3.63) is 42.4 Å². The number of carbonyl (C=O) groups excluding carboxylic acids is 1. The molecule has 1 unspecified atom stereocenters. The predicted octanol–water partition coefficient (Wildman–Crippen LogP) is 2.63. The lowest BCUT2D eigenvalue weighted by Gasteiger charge is -2.09. The Morgan fingerprint density at radius 3 is 3.08 bits per heavy atom. The Kier molecular flexibility index (Phi) is 3.85. The minimum Gasteiger partial charge on any atom is -0.381 e. The van der Waals surface area contributed by atoms with Gasteiger partial charge < -0.3 is 15.0 Å². The Bertz CT molecular complexity index is 944. The molecule has 1 aliphatic rings.